The molecular weight excluding hydrogens is 203 g/mol. The van der Waals surface area contributed by atoms with Crippen LogP contribution < -0.4 is 5.32 Å². The number of aromatic nitrogens is 1. The molecule has 16 heavy (non-hydrogen) atoms. The van der Waals surface area contributed by atoms with Gasteiger partial charge in [-0.05, 0) is 31.0 Å². The van der Waals surface area contributed by atoms with Crippen LogP contribution in [-0.2, 0) is 6.42 Å². The molecule has 2 nitrogen and oxygen atoms in total. The monoisotopic (exact) mass is 224 g/mol. The second kappa shape index (κ2) is 6.59. The maximum absolute atomic E-state index is 13.4. The van der Waals surface area contributed by atoms with E-state index in [2.05, 4.69) is 31.1 Å². The summed E-state index contributed by atoms with van der Waals surface area (Å²) in [4.78, 5) is 4.09. The van der Waals surface area contributed by atoms with E-state index in [1.165, 1.54) is 6.07 Å². The Morgan fingerprint density at radius 3 is 2.75 bits per heavy atom. The van der Waals surface area contributed by atoms with Gasteiger partial charge < -0.3 is 5.32 Å². The van der Waals surface area contributed by atoms with Crippen LogP contribution in [0.4, 0.5) is 4.39 Å². The van der Waals surface area contributed by atoms with Crippen molar-refractivity contribution in [2.75, 3.05) is 6.54 Å². The van der Waals surface area contributed by atoms with Gasteiger partial charge in [-0.15, -0.1) is 0 Å². The first-order valence-corrected chi connectivity index (χ1v) is 5.96. The third-order valence-electron chi connectivity index (χ3n) is 2.52. The molecule has 1 heterocycles. The van der Waals surface area contributed by atoms with Crippen molar-refractivity contribution in [1.29, 1.82) is 0 Å². The molecule has 1 N–H and O–H groups in total. The molecule has 1 aromatic heterocycles. The Morgan fingerprint density at radius 1 is 1.44 bits per heavy atom. The van der Waals surface area contributed by atoms with Crippen molar-refractivity contribution in [3.8, 4) is 0 Å². The van der Waals surface area contributed by atoms with Crippen LogP contribution in [0, 0.1) is 11.7 Å². The molecule has 90 valence electrons. The highest BCUT2D eigenvalue weighted by Crippen LogP contribution is 2.11. The Labute approximate surface area is 97.3 Å². The topological polar surface area (TPSA) is 24.9 Å². The van der Waals surface area contributed by atoms with E-state index in [0.29, 0.717) is 24.1 Å². The number of nitrogens with zero attached hydrogens (tertiary/aromatic N) is 1. The second-order valence-corrected chi connectivity index (χ2v) is 4.52. The van der Waals surface area contributed by atoms with Gasteiger partial charge in [0.25, 0.3) is 0 Å². The lowest BCUT2D eigenvalue weighted by Crippen LogP contribution is -2.32. The minimum absolute atomic E-state index is 0.200. The van der Waals surface area contributed by atoms with Crippen molar-refractivity contribution >= 4 is 0 Å². The number of rotatable bonds is 6. The molecule has 0 aromatic carbocycles. The summed E-state index contributed by atoms with van der Waals surface area (Å²) in [6, 6.07) is 3.42. The highest BCUT2D eigenvalue weighted by atomic mass is 19.1. The summed E-state index contributed by atoms with van der Waals surface area (Å²) in [6.45, 7) is 7.34. The van der Waals surface area contributed by atoms with Gasteiger partial charge >= 0.3 is 0 Å². The molecule has 0 aliphatic heterocycles. The molecule has 0 saturated carbocycles. The van der Waals surface area contributed by atoms with Crippen molar-refractivity contribution in [3.05, 3.63) is 29.8 Å². The number of nitrogens with one attached hydrogen (secondary N) is 1. The molecule has 0 amide bonds. The third-order valence-corrected chi connectivity index (χ3v) is 2.52. The van der Waals surface area contributed by atoms with E-state index in [1.807, 2.05) is 0 Å². The maximum atomic E-state index is 13.4. The minimum atomic E-state index is -0.200. The lowest BCUT2D eigenvalue weighted by atomic mass is 9.99. The van der Waals surface area contributed by atoms with Gasteiger partial charge in [0.15, 0.2) is 0 Å². The van der Waals surface area contributed by atoms with Crippen LogP contribution >= 0.6 is 0 Å². The van der Waals surface area contributed by atoms with Gasteiger partial charge in [-0.1, -0.05) is 20.8 Å². The van der Waals surface area contributed by atoms with E-state index >= 15 is 0 Å². The zero-order valence-corrected chi connectivity index (χ0v) is 10.3. The molecule has 1 rings (SSSR count). The molecule has 0 saturated heterocycles. The molecule has 3 heteroatoms. The number of hydrogen-bond donors (Lipinski definition) is 1. The lowest BCUT2D eigenvalue weighted by Gasteiger charge is -2.19. The Kier molecular flexibility index (Phi) is 5.39. The maximum Gasteiger partial charge on any atom is 0.144 e. The van der Waals surface area contributed by atoms with Gasteiger partial charge in [-0.3, -0.25) is 4.98 Å². The third kappa shape index (κ3) is 4.27. The van der Waals surface area contributed by atoms with Gasteiger partial charge in [-0.25, -0.2) is 4.39 Å². The van der Waals surface area contributed by atoms with Gasteiger partial charge in [0.05, 0.1) is 5.69 Å². The number of halogens is 1. The Balaban J connectivity index is 2.64. The van der Waals surface area contributed by atoms with Crippen molar-refractivity contribution in [2.24, 2.45) is 5.92 Å². The minimum Gasteiger partial charge on any atom is -0.314 e. The normalized spacial score (nSPS) is 13.1. The highest BCUT2D eigenvalue weighted by molar-refractivity contribution is 5.08. The van der Waals surface area contributed by atoms with Crippen LogP contribution in [0.2, 0.25) is 0 Å². The van der Waals surface area contributed by atoms with E-state index in [0.717, 1.165) is 13.0 Å². The SMILES string of the molecule is CCNC(Cc1ncccc1F)CC(C)C. The van der Waals surface area contributed by atoms with E-state index < -0.39 is 0 Å². The molecule has 0 fully saturated rings. The van der Waals surface area contributed by atoms with Crippen LogP contribution in [0.1, 0.15) is 32.9 Å². The average molecular weight is 224 g/mol. The molecule has 0 bridgehead atoms. The summed E-state index contributed by atoms with van der Waals surface area (Å²) >= 11 is 0. The molecule has 0 radical (unpaired) electrons. The van der Waals surface area contributed by atoms with Gasteiger partial charge in [0.2, 0.25) is 0 Å². The smallest absolute Gasteiger partial charge is 0.144 e. The Morgan fingerprint density at radius 2 is 2.19 bits per heavy atom. The molecule has 1 aromatic rings. The van der Waals surface area contributed by atoms with Crippen molar-refractivity contribution < 1.29 is 4.39 Å². The predicted octanol–water partition coefficient (Wildman–Crippen LogP) is 2.79. The van der Waals surface area contributed by atoms with Crippen LogP contribution in [0.5, 0.6) is 0 Å². The van der Waals surface area contributed by atoms with Crippen LogP contribution in [-0.4, -0.2) is 17.6 Å². The Hall–Kier alpha value is -0.960. The summed E-state index contributed by atoms with van der Waals surface area (Å²) in [5, 5.41) is 3.38. The summed E-state index contributed by atoms with van der Waals surface area (Å²) in [6.07, 6.45) is 3.36. The number of likely N-dealkylation sites (N-methyl/N-ethyl adjacent to an activating group) is 1. The largest absolute Gasteiger partial charge is 0.314 e. The fourth-order valence-electron chi connectivity index (χ4n) is 1.90. The second-order valence-electron chi connectivity index (χ2n) is 4.52. The van der Waals surface area contributed by atoms with E-state index in [4.69, 9.17) is 0 Å². The summed E-state index contributed by atoms with van der Waals surface area (Å²) in [5.41, 5.74) is 0.564. The molecule has 1 unspecified atom stereocenters. The first kappa shape index (κ1) is 13.1. The first-order valence-electron chi connectivity index (χ1n) is 5.96. The first-order chi connectivity index (χ1) is 7.63. The van der Waals surface area contributed by atoms with Crippen molar-refractivity contribution in [1.82, 2.24) is 10.3 Å². The summed E-state index contributed by atoms with van der Waals surface area (Å²) < 4.78 is 13.4. The highest BCUT2D eigenvalue weighted by Gasteiger charge is 2.13. The standard InChI is InChI=1S/C13H21FN2/c1-4-15-11(8-10(2)3)9-13-12(14)6-5-7-16-13/h5-7,10-11,15H,4,8-9H2,1-3H3. The van der Waals surface area contributed by atoms with Crippen LogP contribution in [0.15, 0.2) is 18.3 Å². The summed E-state index contributed by atoms with van der Waals surface area (Å²) in [7, 11) is 0. The van der Waals surface area contributed by atoms with E-state index in [9.17, 15) is 4.39 Å². The quantitative estimate of drug-likeness (QED) is 0.803. The Bertz CT molecular complexity index is 313. The number of pyridine rings is 1. The predicted molar refractivity (Wildman–Crippen MR) is 64.8 cm³/mol. The van der Waals surface area contributed by atoms with Crippen molar-refractivity contribution in [2.45, 2.75) is 39.7 Å². The van der Waals surface area contributed by atoms with Gasteiger partial charge in [-0.2, -0.15) is 0 Å². The van der Waals surface area contributed by atoms with E-state index in [-0.39, 0.29) is 5.82 Å². The molecule has 1 atom stereocenters. The zero-order valence-electron chi connectivity index (χ0n) is 10.3. The lowest BCUT2D eigenvalue weighted by molar-refractivity contribution is 0.415. The molecular formula is C13H21FN2. The molecule has 0 spiro atoms. The average Bonchev–Trinajstić information content (AvgIpc) is 2.21. The van der Waals surface area contributed by atoms with Crippen molar-refractivity contribution in [3.63, 3.8) is 0 Å². The number of hydrogen-bond acceptors (Lipinski definition) is 2. The molecule has 0 aliphatic rings. The van der Waals surface area contributed by atoms with Crippen LogP contribution in [0.3, 0.4) is 0 Å². The fraction of sp³-hybridized carbons (Fsp3) is 0.615. The van der Waals surface area contributed by atoms with E-state index in [1.54, 1.807) is 12.3 Å². The van der Waals surface area contributed by atoms with Gasteiger partial charge in [0.1, 0.15) is 5.82 Å². The fourth-order valence-corrected chi connectivity index (χ4v) is 1.90. The summed E-state index contributed by atoms with van der Waals surface area (Å²) in [5.74, 6) is 0.407. The van der Waals surface area contributed by atoms with Crippen LogP contribution in [0.25, 0.3) is 0 Å². The van der Waals surface area contributed by atoms with Gasteiger partial charge in [0, 0.05) is 18.7 Å². The zero-order chi connectivity index (χ0) is 12.0. The molecule has 0 aliphatic carbocycles.